The fraction of sp³-hybridized carbons (Fsp3) is 1.00. The van der Waals surface area contributed by atoms with Crippen LogP contribution in [0.15, 0.2) is 0 Å². The molecule has 1 saturated carbocycles. The highest BCUT2D eigenvalue weighted by atomic mass is 15.0. The second-order valence-electron chi connectivity index (χ2n) is 5.43. The van der Waals surface area contributed by atoms with E-state index in [2.05, 4.69) is 17.6 Å². The normalized spacial score (nSPS) is 30.6. The minimum atomic E-state index is 0.700. The SMILES string of the molecule is CC(CC1CCCCCN1)NC1CCC1. The third-order valence-corrected chi connectivity index (χ3v) is 3.93. The van der Waals surface area contributed by atoms with Crippen molar-refractivity contribution in [3.63, 3.8) is 0 Å². The van der Waals surface area contributed by atoms with Crippen molar-refractivity contribution in [1.82, 2.24) is 10.6 Å². The number of hydrogen-bond donors (Lipinski definition) is 2. The van der Waals surface area contributed by atoms with Crippen LogP contribution in [0.4, 0.5) is 0 Å². The van der Waals surface area contributed by atoms with E-state index in [9.17, 15) is 0 Å². The highest BCUT2D eigenvalue weighted by Gasteiger charge is 2.21. The molecule has 88 valence electrons. The van der Waals surface area contributed by atoms with Gasteiger partial charge in [-0.2, -0.15) is 0 Å². The second-order valence-corrected chi connectivity index (χ2v) is 5.43. The van der Waals surface area contributed by atoms with Gasteiger partial charge in [0.2, 0.25) is 0 Å². The van der Waals surface area contributed by atoms with Crippen LogP contribution in [0.2, 0.25) is 0 Å². The first-order valence-electron chi connectivity index (χ1n) is 6.84. The van der Waals surface area contributed by atoms with E-state index in [-0.39, 0.29) is 0 Å². The monoisotopic (exact) mass is 210 g/mol. The van der Waals surface area contributed by atoms with Crippen LogP contribution in [0, 0.1) is 0 Å². The van der Waals surface area contributed by atoms with Crippen molar-refractivity contribution in [3.05, 3.63) is 0 Å². The van der Waals surface area contributed by atoms with Crippen molar-refractivity contribution in [2.45, 2.75) is 76.4 Å². The summed E-state index contributed by atoms with van der Waals surface area (Å²) >= 11 is 0. The van der Waals surface area contributed by atoms with Crippen molar-refractivity contribution in [3.8, 4) is 0 Å². The summed E-state index contributed by atoms with van der Waals surface area (Å²) in [5, 5.41) is 7.43. The molecule has 2 unspecified atom stereocenters. The third kappa shape index (κ3) is 3.76. The molecule has 0 spiro atoms. The molecule has 2 heteroatoms. The standard InChI is InChI=1S/C13H26N2/c1-11(15-12-7-5-8-12)10-13-6-3-2-4-9-14-13/h11-15H,2-10H2,1H3. The average molecular weight is 210 g/mol. The molecule has 1 heterocycles. The summed E-state index contributed by atoms with van der Waals surface area (Å²) in [5.74, 6) is 0. The minimum absolute atomic E-state index is 0.700. The Balaban J connectivity index is 1.64. The molecule has 0 aromatic heterocycles. The molecule has 2 N–H and O–H groups in total. The van der Waals surface area contributed by atoms with E-state index in [1.54, 1.807) is 0 Å². The molecule has 1 saturated heterocycles. The Bertz CT molecular complexity index is 169. The molecule has 0 radical (unpaired) electrons. The van der Waals surface area contributed by atoms with Crippen LogP contribution in [-0.4, -0.2) is 24.7 Å². The van der Waals surface area contributed by atoms with Gasteiger partial charge < -0.3 is 10.6 Å². The van der Waals surface area contributed by atoms with E-state index in [0.29, 0.717) is 6.04 Å². The van der Waals surface area contributed by atoms with E-state index in [4.69, 9.17) is 0 Å². The lowest BCUT2D eigenvalue weighted by molar-refractivity contribution is 0.288. The summed E-state index contributed by atoms with van der Waals surface area (Å²) < 4.78 is 0. The first-order valence-corrected chi connectivity index (χ1v) is 6.84. The van der Waals surface area contributed by atoms with Gasteiger partial charge in [0.15, 0.2) is 0 Å². The van der Waals surface area contributed by atoms with Gasteiger partial charge >= 0.3 is 0 Å². The molecule has 2 atom stereocenters. The number of nitrogens with one attached hydrogen (secondary N) is 2. The Morgan fingerprint density at radius 2 is 2.00 bits per heavy atom. The summed E-state index contributed by atoms with van der Waals surface area (Å²) in [4.78, 5) is 0. The van der Waals surface area contributed by atoms with Crippen molar-refractivity contribution in [1.29, 1.82) is 0 Å². The van der Waals surface area contributed by atoms with E-state index in [1.807, 2.05) is 0 Å². The smallest absolute Gasteiger partial charge is 0.00817 e. The van der Waals surface area contributed by atoms with Gasteiger partial charge in [-0.3, -0.25) is 0 Å². The van der Waals surface area contributed by atoms with Crippen molar-refractivity contribution in [2.75, 3.05) is 6.54 Å². The molecule has 1 aliphatic carbocycles. The highest BCUT2D eigenvalue weighted by molar-refractivity contribution is 4.82. The predicted molar refractivity (Wildman–Crippen MR) is 65.1 cm³/mol. The Labute approximate surface area is 94.2 Å². The van der Waals surface area contributed by atoms with Crippen molar-refractivity contribution < 1.29 is 0 Å². The molecular weight excluding hydrogens is 184 g/mol. The Morgan fingerprint density at radius 1 is 1.13 bits per heavy atom. The molecule has 2 aliphatic rings. The molecule has 0 bridgehead atoms. The van der Waals surface area contributed by atoms with Gasteiger partial charge in [0, 0.05) is 18.1 Å². The molecule has 2 rings (SSSR count). The van der Waals surface area contributed by atoms with Gasteiger partial charge in [-0.25, -0.2) is 0 Å². The maximum absolute atomic E-state index is 3.74. The van der Waals surface area contributed by atoms with E-state index < -0.39 is 0 Å². The molecule has 2 nitrogen and oxygen atoms in total. The lowest BCUT2D eigenvalue weighted by Crippen LogP contribution is -2.44. The average Bonchev–Trinajstić information content (AvgIpc) is 2.40. The number of rotatable bonds is 4. The van der Waals surface area contributed by atoms with Gasteiger partial charge in [-0.1, -0.05) is 19.3 Å². The van der Waals surface area contributed by atoms with Crippen LogP contribution >= 0.6 is 0 Å². The first-order chi connectivity index (χ1) is 7.34. The zero-order chi connectivity index (χ0) is 10.5. The van der Waals surface area contributed by atoms with E-state index in [1.165, 1.54) is 57.9 Å². The second kappa shape index (κ2) is 5.86. The fourth-order valence-electron chi connectivity index (χ4n) is 2.77. The quantitative estimate of drug-likeness (QED) is 0.745. The summed E-state index contributed by atoms with van der Waals surface area (Å²) in [5.41, 5.74) is 0. The van der Waals surface area contributed by atoms with Crippen LogP contribution in [-0.2, 0) is 0 Å². The third-order valence-electron chi connectivity index (χ3n) is 3.93. The van der Waals surface area contributed by atoms with E-state index in [0.717, 1.165) is 12.1 Å². The Hall–Kier alpha value is -0.0800. The summed E-state index contributed by atoms with van der Waals surface area (Å²) in [6.45, 7) is 3.59. The van der Waals surface area contributed by atoms with Gasteiger partial charge in [0.05, 0.1) is 0 Å². The summed E-state index contributed by atoms with van der Waals surface area (Å²) in [7, 11) is 0. The zero-order valence-electron chi connectivity index (χ0n) is 10.1. The summed E-state index contributed by atoms with van der Waals surface area (Å²) in [6, 6.07) is 2.31. The Kier molecular flexibility index (Phi) is 4.45. The minimum Gasteiger partial charge on any atom is -0.314 e. The highest BCUT2D eigenvalue weighted by Crippen LogP contribution is 2.20. The van der Waals surface area contributed by atoms with Crippen LogP contribution in [0.25, 0.3) is 0 Å². The lowest BCUT2D eigenvalue weighted by Gasteiger charge is -2.31. The van der Waals surface area contributed by atoms with Crippen molar-refractivity contribution in [2.24, 2.45) is 0 Å². The fourth-order valence-corrected chi connectivity index (χ4v) is 2.77. The maximum Gasteiger partial charge on any atom is 0.00817 e. The van der Waals surface area contributed by atoms with Gasteiger partial charge in [-0.15, -0.1) is 0 Å². The molecule has 0 aromatic carbocycles. The van der Waals surface area contributed by atoms with Gasteiger partial charge in [-0.05, 0) is 45.6 Å². The molecule has 0 amide bonds. The Morgan fingerprint density at radius 3 is 2.73 bits per heavy atom. The molecular formula is C13H26N2. The maximum atomic E-state index is 3.74. The van der Waals surface area contributed by atoms with E-state index >= 15 is 0 Å². The lowest BCUT2D eigenvalue weighted by atomic mass is 9.91. The molecule has 0 aromatic rings. The van der Waals surface area contributed by atoms with Gasteiger partial charge in [0.1, 0.15) is 0 Å². The molecule has 15 heavy (non-hydrogen) atoms. The molecule has 2 fully saturated rings. The van der Waals surface area contributed by atoms with Crippen LogP contribution < -0.4 is 10.6 Å². The van der Waals surface area contributed by atoms with Crippen LogP contribution in [0.1, 0.15) is 58.3 Å². The van der Waals surface area contributed by atoms with Crippen LogP contribution in [0.3, 0.4) is 0 Å². The predicted octanol–water partition coefficient (Wildman–Crippen LogP) is 2.44. The largest absolute Gasteiger partial charge is 0.314 e. The zero-order valence-corrected chi connectivity index (χ0v) is 10.1. The van der Waals surface area contributed by atoms with Gasteiger partial charge in [0.25, 0.3) is 0 Å². The first kappa shape index (κ1) is 11.4. The summed E-state index contributed by atoms with van der Waals surface area (Å²) in [6.07, 6.45) is 11.2. The van der Waals surface area contributed by atoms with Crippen LogP contribution in [0.5, 0.6) is 0 Å². The molecule has 1 aliphatic heterocycles. The topological polar surface area (TPSA) is 24.1 Å². The van der Waals surface area contributed by atoms with Crippen molar-refractivity contribution >= 4 is 0 Å². The number of hydrogen-bond acceptors (Lipinski definition) is 2.